The first kappa shape index (κ1) is 15.6. The topological polar surface area (TPSA) is 24.9 Å². The Hall–Kier alpha value is -0.410. The van der Waals surface area contributed by atoms with Crippen LogP contribution in [-0.2, 0) is 12.0 Å². The van der Waals surface area contributed by atoms with Crippen molar-refractivity contribution >= 4 is 11.3 Å². The van der Waals surface area contributed by atoms with Gasteiger partial charge in [-0.1, -0.05) is 40.0 Å². The lowest BCUT2D eigenvalue weighted by Gasteiger charge is -2.28. The van der Waals surface area contributed by atoms with Crippen molar-refractivity contribution in [3.05, 3.63) is 15.6 Å². The van der Waals surface area contributed by atoms with Crippen LogP contribution in [0.1, 0.15) is 69.0 Å². The number of hydrogen-bond donors (Lipinski definition) is 1. The molecule has 1 rings (SSSR count). The molecule has 1 unspecified atom stereocenters. The predicted molar refractivity (Wildman–Crippen MR) is 81.4 cm³/mol. The normalized spacial score (nSPS) is 14.7. The summed E-state index contributed by atoms with van der Waals surface area (Å²) in [5.41, 5.74) is 1.34. The Morgan fingerprint density at radius 2 is 1.94 bits per heavy atom. The fourth-order valence-electron chi connectivity index (χ4n) is 2.38. The maximum absolute atomic E-state index is 4.85. The summed E-state index contributed by atoms with van der Waals surface area (Å²) in [7, 11) is 0. The van der Waals surface area contributed by atoms with Crippen LogP contribution in [0.15, 0.2) is 0 Å². The van der Waals surface area contributed by atoms with Crippen molar-refractivity contribution in [2.75, 3.05) is 6.54 Å². The van der Waals surface area contributed by atoms with Gasteiger partial charge in [0.05, 0.1) is 11.2 Å². The van der Waals surface area contributed by atoms with Crippen LogP contribution in [0.5, 0.6) is 0 Å². The lowest BCUT2D eigenvalue weighted by Crippen LogP contribution is -2.39. The number of unbranched alkanes of at least 4 members (excludes halogenated alkanes) is 2. The first-order valence-corrected chi connectivity index (χ1v) is 8.10. The van der Waals surface area contributed by atoms with Crippen LogP contribution in [0.2, 0.25) is 0 Å². The van der Waals surface area contributed by atoms with Crippen LogP contribution >= 0.6 is 11.3 Å². The summed E-state index contributed by atoms with van der Waals surface area (Å²) in [6.45, 7) is 12.1. The van der Waals surface area contributed by atoms with Gasteiger partial charge in [0.2, 0.25) is 0 Å². The minimum Gasteiger partial charge on any atom is -0.306 e. The Morgan fingerprint density at radius 3 is 2.44 bits per heavy atom. The van der Waals surface area contributed by atoms with Gasteiger partial charge in [-0.15, -0.1) is 11.3 Å². The smallest absolute Gasteiger partial charge is 0.113 e. The van der Waals surface area contributed by atoms with Crippen LogP contribution in [-0.4, -0.2) is 11.5 Å². The molecule has 0 bridgehead atoms. The molecule has 0 radical (unpaired) electrons. The number of thiazole rings is 1. The summed E-state index contributed by atoms with van der Waals surface area (Å²) in [4.78, 5) is 6.24. The highest BCUT2D eigenvalue weighted by atomic mass is 32.1. The van der Waals surface area contributed by atoms with Crippen molar-refractivity contribution in [1.29, 1.82) is 0 Å². The van der Waals surface area contributed by atoms with Crippen LogP contribution in [0.4, 0.5) is 0 Å². The second-order valence-electron chi connectivity index (χ2n) is 5.19. The molecular formula is C15H28N2S. The van der Waals surface area contributed by atoms with Crippen LogP contribution in [0, 0.1) is 6.92 Å². The van der Waals surface area contributed by atoms with E-state index >= 15 is 0 Å². The standard InChI is InChI=1S/C15H28N2S/c1-6-9-10-11-15(5,16-8-3)14-17-13(7-2)12(4)18-14/h16H,6-11H2,1-5H3. The minimum absolute atomic E-state index is 0.0623. The average molecular weight is 268 g/mol. The molecule has 1 N–H and O–H groups in total. The van der Waals surface area contributed by atoms with E-state index in [1.165, 1.54) is 41.3 Å². The molecule has 0 saturated heterocycles. The van der Waals surface area contributed by atoms with E-state index in [0.717, 1.165) is 13.0 Å². The van der Waals surface area contributed by atoms with E-state index in [2.05, 4.69) is 39.9 Å². The molecule has 1 atom stereocenters. The van der Waals surface area contributed by atoms with Gasteiger partial charge in [-0.2, -0.15) is 0 Å². The van der Waals surface area contributed by atoms with Gasteiger partial charge in [0.25, 0.3) is 0 Å². The molecule has 0 fully saturated rings. The van der Waals surface area contributed by atoms with Crippen molar-refractivity contribution in [1.82, 2.24) is 10.3 Å². The first-order valence-electron chi connectivity index (χ1n) is 7.29. The molecular weight excluding hydrogens is 240 g/mol. The van der Waals surface area contributed by atoms with E-state index in [9.17, 15) is 0 Å². The second-order valence-corrected chi connectivity index (χ2v) is 6.40. The summed E-state index contributed by atoms with van der Waals surface area (Å²) in [6, 6.07) is 0. The third-order valence-electron chi connectivity index (χ3n) is 3.55. The number of hydrogen-bond acceptors (Lipinski definition) is 3. The van der Waals surface area contributed by atoms with Crippen molar-refractivity contribution in [2.24, 2.45) is 0 Å². The van der Waals surface area contributed by atoms with Gasteiger partial charge in [-0.25, -0.2) is 4.98 Å². The maximum atomic E-state index is 4.85. The quantitative estimate of drug-likeness (QED) is 0.706. The third kappa shape index (κ3) is 3.79. The molecule has 3 heteroatoms. The molecule has 1 aromatic heterocycles. The average Bonchev–Trinajstić information content (AvgIpc) is 2.72. The molecule has 0 aliphatic heterocycles. The van der Waals surface area contributed by atoms with Crippen molar-refractivity contribution in [3.63, 3.8) is 0 Å². The highest BCUT2D eigenvalue weighted by Gasteiger charge is 2.29. The summed E-state index contributed by atoms with van der Waals surface area (Å²) in [5, 5.41) is 4.92. The van der Waals surface area contributed by atoms with E-state index in [0.29, 0.717) is 0 Å². The van der Waals surface area contributed by atoms with E-state index in [1.807, 2.05) is 11.3 Å². The SMILES string of the molecule is CCCCCC(C)(NCC)c1nc(CC)c(C)s1. The molecule has 0 aliphatic carbocycles. The largest absolute Gasteiger partial charge is 0.306 e. The Bertz CT molecular complexity index is 359. The molecule has 0 saturated carbocycles. The Morgan fingerprint density at radius 1 is 1.22 bits per heavy atom. The van der Waals surface area contributed by atoms with Gasteiger partial charge in [-0.3, -0.25) is 0 Å². The lowest BCUT2D eigenvalue weighted by molar-refractivity contribution is 0.333. The Kier molecular flexibility index (Phi) is 6.30. The summed E-state index contributed by atoms with van der Waals surface area (Å²) in [6.07, 6.45) is 6.09. The number of aromatic nitrogens is 1. The minimum atomic E-state index is 0.0623. The molecule has 0 amide bonds. The summed E-state index contributed by atoms with van der Waals surface area (Å²) in [5.74, 6) is 0. The molecule has 0 aliphatic rings. The fraction of sp³-hybridized carbons (Fsp3) is 0.800. The van der Waals surface area contributed by atoms with Crippen molar-refractivity contribution in [2.45, 2.75) is 72.3 Å². The molecule has 18 heavy (non-hydrogen) atoms. The van der Waals surface area contributed by atoms with Gasteiger partial charge in [-0.05, 0) is 33.2 Å². The molecule has 1 aromatic rings. The lowest BCUT2D eigenvalue weighted by atomic mass is 9.95. The zero-order chi connectivity index (χ0) is 13.6. The van der Waals surface area contributed by atoms with E-state index < -0.39 is 0 Å². The molecule has 0 aromatic carbocycles. The number of nitrogens with zero attached hydrogens (tertiary/aromatic N) is 1. The van der Waals surface area contributed by atoms with Gasteiger partial charge in [0.15, 0.2) is 0 Å². The number of rotatable bonds is 8. The summed E-state index contributed by atoms with van der Waals surface area (Å²) < 4.78 is 0. The van der Waals surface area contributed by atoms with Crippen LogP contribution < -0.4 is 5.32 Å². The van der Waals surface area contributed by atoms with E-state index in [4.69, 9.17) is 4.98 Å². The first-order chi connectivity index (χ1) is 8.57. The van der Waals surface area contributed by atoms with Crippen molar-refractivity contribution in [3.8, 4) is 0 Å². The van der Waals surface area contributed by atoms with Gasteiger partial charge in [0.1, 0.15) is 5.01 Å². The highest BCUT2D eigenvalue weighted by Crippen LogP contribution is 2.32. The van der Waals surface area contributed by atoms with Crippen molar-refractivity contribution < 1.29 is 0 Å². The fourth-order valence-corrected chi connectivity index (χ4v) is 3.53. The predicted octanol–water partition coefficient (Wildman–Crippen LogP) is 4.42. The Labute approximate surface area is 116 Å². The maximum Gasteiger partial charge on any atom is 0.113 e. The van der Waals surface area contributed by atoms with E-state index in [1.54, 1.807) is 0 Å². The van der Waals surface area contributed by atoms with Crippen LogP contribution in [0.3, 0.4) is 0 Å². The van der Waals surface area contributed by atoms with Crippen LogP contribution in [0.25, 0.3) is 0 Å². The molecule has 104 valence electrons. The summed E-state index contributed by atoms with van der Waals surface area (Å²) >= 11 is 1.87. The zero-order valence-electron chi connectivity index (χ0n) is 12.6. The highest BCUT2D eigenvalue weighted by molar-refractivity contribution is 7.11. The molecule has 1 heterocycles. The van der Waals surface area contributed by atoms with E-state index in [-0.39, 0.29) is 5.54 Å². The number of nitrogens with one attached hydrogen (secondary N) is 1. The third-order valence-corrected chi connectivity index (χ3v) is 4.82. The van der Waals surface area contributed by atoms with Gasteiger partial charge < -0.3 is 5.32 Å². The molecule has 2 nitrogen and oxygen atoms in total. The molecule has 0 spiro atoms. The Balaban J connectivity index is 2.87. The zero-order valence-corrected chi connectivity index (χ0v) is 13.4. The number of aryl methyl sites for hydroxylation is 2. The van der Waals surface area contributed by atoms with Gasteiger partial charge >= 0.3 is 0 Å². The second kappa shape index (κ2) is 7.25. The monoisotopic (exact) mass is 268 g/mol. The van der Waals surface area contributed by atoms with Gasteiger partial charge in [0, 0.05) is 4.88 Å².